The van der Waals surface area contributed by atoms with Crippen LogP contribution in [0, 0.1) is 23.2 Å². The number of carbonyl (C=O) groups excluding carboxylic acids is 2. The van der Waals surface area contributed by atoms with Gasteiger partial charge in [0.15, 0.2) is 0 Å². The van der Waals surface area contributed by atoms with Crippen LogP contribution in [0.1, 0.15) is 44.9 Å². The van der Waals surface area contributed by atoms with Crippen molar-refractivity contribution in [2.24, 2.45) is 23.2 Å². The molecule has 4 saturated carbocycles. The van der Waals surface area contributed by atoms with Crippen LogP contribution in [0.5, 0.6) is 0 Å². The highest BCUT2D eigenvalue weighted by molar-refractivity contribution is 9.11. The second-order valence-corrected chi connectivity index (χ2v) is 8.59. The molecule has 4 aliphatic carbocycles. The van der Waals surface area contributed by atoms with Gasteiger partial charge in [-0.25, -0.2) is 4.79 Å². The van der Waals surface area contributed by atoms with Gasteiger partial charge in [-0.05, 0) is 60.8 Å². The van der Waals surface area contributed by atoms with Gasteiger partial charge in [-0.1, -0.05) is 22.5 Å². The fourth-order valence-electron chi connectivity index (χ4n) is 5.26. The third-order valence-electron chi connectivity index (χ3n) is 5.74. The number of esters is 1. The second-order valence-electron chi connectivity index (χ2n) is 7.47. The normalized spacial score (nSPS) is 36.7. The summed E-state index contributed by atoms with van der Waals surface area (Å²) in [5.41, 5.74) is -0.241. The predicted molar refractivity (Wildman–Crippen MR) is 87.2 cm³/mol. The number of halogens is 1. The molecule has 22 heavy (non-hydrogen) atoms. The highest BCUT2D eigenvalue weighted by Gasteiger charge is 2.54. The average Bonchev–Trinajstić information content (AvgIpc) is 2.43. The van der Waals surface area contributed by atoms with Gasteiger partial charge >= 0.3 is 5.97 Å². The third kappa shape index (κ3) is 2.97. The molecule has 0 heterocycles. The highest BCUT2D eigenvalue weighted by atomic mass is 79.9. The van der Waals surface area contributed by atoms with Gasteiger partial charge in [0.05, 0.1) is 7.11 Å². The van der Waals surface area contributed by atoms with Crippen molar-refractivity contribution in [1.29, 1.82) is 0 Å². The maximum atomic E-state index is 12.9. The van der Waals surface area contributed by atoms with Crippen LogP contribution in [0.2, 0.25) is 0 Å². The maximum absolute atomic E-state index is 12.9. The van der Waals surface area contributed by atoms with Crippen LogP contribution >= 0.6 is 15.9 Å². The van der Waals surface area contributed by atoms with Crippen molar-refractivity contribution in [2.45, 2.75) is 51.0 Å². The first-order valence-electron chi connectivity index (χ1n) is 8.14. The number of hydrogen-bond donors (Lipinski definition) is 1. The zero-order valence-electron chi connectivity index (χ0n) is 13.1. The van der Waals surface area contributed by atoms with Gasteiger partial charge in [-0.2, -0.15) is 0 Å². The molecule has 1 amide bonds. The Morgan fingerprint density at radius 1 is 1.23 bits per heavy atom. The van der Waals surface area contributed by atoms with E-state index in [1.54, 1.807) is 0 Å². The Hall–Kier alpha value is -0.840. The summed E-state index contributed by atoms with van der Waals surface area (Å²) in [6.45, 7) is 3.77. The molecule has 5 heteroatoms. The Morgan fingerprint density at radius 3 is 2.14 bits per heavy atom. The van der Waals surface area contributed by atoms with E-state index in [0.29, 0.717) is 28.7 Å². The number of amides is 1. The lowest BCUT2D eigenvalue weighted by molar-refractivity contribution is -0.152. The van der Waals surface area contributed by atoms with Crippen LogP contribution in [0.25, 0.3) is 0 Å². The minimum Gasteiger partial charge on any atom is -0.467 e. The van der Waals surface area contributed by atoms with Crippen molar-refractivity contribution in [2.75, 3.05) is 7.11 Å². The van der Waals surface area contributed by atoms with E-state index in [2.05, 4.69) is 27.8 Å². The van der Waals surface area contributed by atoms with Gasteiger partial charge in [0.1, 0.15) is 6.04 Å². The van der Waals surface area contributed by atoms with Crippen LogP contribution in [0.3, 0.4) is 0 Å². The molecule has 122 valence electrons. The summed E-state index contributed by atoms with van der Waals surface area (Å²) in [5.74, 6) is 1.77. The van der Waals surface area contributed by atoms with E-state index in [1.165, 1.54) is 26.4 Å². The molecule has 0 saturated heterocycles. The standard InChI is InChI=1S/C17H24BrNO3/c1-10(18)3-14(15(20)22-2)19-16(21)17-7-11-4-12(8-17)6-13(5-11)9-17/h11-14H,1,3-9H2,2H3,(H,19,21)/t11?,12?,13?,14-,17?/m0/s1. The van der Waals surface area contributed by atoms with Crippen LogP contribution in [0.4, 0.5) is 0 Å². The summed E-state index contributed by atoms with van der Waals surface area (Å²) >= 11 is 3.27. The molecule has 0 spiro atoms. The monoisotopic (exact) mass is 369 g/mol. The Labute approximate surface area is 140 Å². The summed E-state index contributed by atoms with van der Waals surface area (Å²) in [5, 5.41) is 2.95. The van der Waals surface area contributed by atoms with Crippen molar-refractivity contribution in [3.05, 3.63) is 11.1 Å². The second kappa shape index (κ2) is 5.99. The molecule has 1 N–H and O–H groups in total. The largest absolute Gasteiger partial charge is 0.467 e. The Kier molecular flexibility index (Phi) is 4.36. The van der Waals surface area contributed by atoms with Crippen LogP contribution in [0.15, 0.2) is 11.1 Å². The molecule has 0 aromatic heterocycles. The van der Waals surface area contributed by atoms with Crippen molar-refractivity contribution < 1.29 is 14.3 Å². The first kappa shape index (κ1) is 16.0. The first-order valence-corrected chi connectivity index (χ1v) is 8.93. The molecule has 0 aliphatic heterocycles. The third-order valence-corrected chi connectivity index (χ3v) is 6.06. The molecule has 1 atom stereocenters. The predicted octanol–water partition coefficient (Wildman–Crippen LogP) is 3.16. The number of carbonyl (C=O) groups is 2. The van der Waals surface area contributed by atoms with Gasteiger partial charge < -0.3 is 10.1 Å². The number of nitrogens with one attached hydrogen (secondary N) is 1. The lowest BCUT2D eigenvalue weighted by atomic mass is 9.49. The number of hydrogen-bond acceptors (Lipinski definition) is 3. The summed E-state index contributed by atoms with van der Waals surface area (Å²) in [6.07, 6.45) is 7.24. The van der Waals surface area contributed by atoms with Crippen molar-refractivity contribution in [3.8, 4) is 0 Å². The van der Waals surface area contributed by atoms with E-state index in [-0.39, 0.29) is 11.3 Å². The summed E-state index contributed by atoms with van der Waals surface area (Å²) in [6, 6.07) is -0.641. The SMILES string of the molecule is C=C(Br)C[C@H](NC(=O)C12CC3CC(CC(C3)C1)C2)C(=O)OC. The zero-order valence-corrected chi connectivity index (χ0v) is 14.7. The van der Waals surface area contributed by atoms with Crippen molar-refractivity contribution in [3.63, 3.8) is 0 Å². The van der Waals surface area contributed by atoms with E-state index in [0.717, 1.165) is 19.3 Å². The summed E-state index contributed by atoms with van der Waals surface area (Å²) in [4.78, 5) is 24.9. The van der Waals surface area contributed by atoms with Gasteiger partial charge in [0, 0.05) is 11.8 Å². The lowest BCUT2D eigenvalue weighted by Crippen LogP contribution is -2.56. The van der Waals surface area contributed by atoms with Crippen molar-refractivity contribution in [1.82, 2.24) is 5.32 Å². The molecule has 0 aromatic rings. The van der Waals surface area contributed by atoms with E-state index < -0.39 is 12.0 Å². The number of methoxy groups -OCH3 is 1. The molecule has 0 aromatic carbocycles. The Balaban J connectivity index is 1.72. The summed E-state index contributed by atoms with van der Waals surface area (Å²) in [7, 11) is 1.35. The zero-order chi connectivity index (χ0) is 15.9. The van der Waals surface area contributed by atoms with Crippen LogP contribution in [-0.4, -0.2) is 25.0 Å². The topological polar surface area (TPSA) is 55.4 Å². The lowest BCUT2D eigenvalue weighted by Gasteiger charge is -2.55. The minimum atomic E-state index is -0.641. The van der Waals surface area contributed by atoms with Crippen LogP contribution < -0.4 is 5.32 Å². The van der Waals surface area contributed by atoms with E-state index in [4.69, 9.17) is 4.74 Å². The van der Waals surface area contributed by atoms with Gasteiger partial charge in [0.2, 0.25) is 5.91 Å². The molecule has 0 unspecified atom stereocenters. The quantitative estimate of drug-likeness (QED) is 0.757. The fourth-order valence-corrected chi connectivity index (χ4v) is 5.58. The molecule has 4 fully saturated rings. The van der Waals surface area contributed by atoms with Crippen molar-refractivity contribution >= 4 is 27.8 Å². The Morgan fingerprint density at radius 2 is 1.73 bits per heavy atom. The molecule has 4 rings (SSSR count). The smallest absolute Gasteiger partial charge is 0.328 e. The summed E-state index contributed by atoms with van der Waals surface area (Å²) < 4.78 is 5.51. The van der Waals surface area contributed by atoms with E-state index >= 15 is 0 Å². The number of rotatable bonds is 5. The fraction of sp³-hybridized carbons (Fsp3) is 0.765. The molecule has 4 nitrogen and oxygen atoms in total. The average molecular weight is 370 g/mol. The number of ether oxygens (including phenoxy) is 1. The van der Waals surface area contributed by atoms with Gasteiger partial charge in [0.25, 0.3) is 0 Å². The van der Waals surface area contributed by atoms with Crippen LogP contribution in [-0.2, 0) is 14.3 Å². The molecular formula is C17H24BrNO3. The first-order chi connectivity index (χ1) is 10.4. The molecule has 4 bridgehead atoms. The molecule has 4 aliphatic rings. The minimum absolute atomic E-state index is 0.0516. The van der Waals surface area contributed by atoms with E-state index in [9.17, 15) is 9.59 Å². The molecule has 0 radical (unpaired) electrons. The Bertz CT molecular complexity index is 467. The van der Waals surface area contributed by atoms with Gasteiger partial charge in [-0.15, -0.1) is 0 Å². The van der Waals surface area contributed by atoms with E-state index in [1.807, 2.05) is 0 Å². The maximum Gasteiger partial charge on any atom is 0.328 e. The van der Waals surface area contributed by atoms with Gasteiger partial charge in [-0.3, -0.25) is 4.79 Å². The highest BCUT2D eigenvalue weighted by Crippen LogP contribution is 2.60. The molecular weight excluding hydrogens is 346 g/mol.